The molecule has 0 radical (unpaired) electrons. The molecule has 3 nitrogen and oxygen atoms in total. The van der Waals surface area contributed by atoms with Gasteiger partial charge in [-0.2, -0.15) is 0 Å². The molecule has 0 spiro atoms. The molecule has 2 aromatic carbocycles. The Bertz CT molecular complexity index is 843. The lowest BCUT2D eigenvalue weighted by molar-refractivity contribution is 0.0718. The first-order chi connectivity index (χ1) is 13.0. The van der Waals surface area contributed by atoms with Crippen LogP contribution in [0.5, 0.6) is 5.75 Å². The topological polar surface area (TPSA) is 30.8 Å². The van der Waals surface area contributed by atoms with Gasteiger partial charge in [-0.1, -0.05) is 64.2 Å². The first kappa shape index (κ1) is 20.1. The van der Waals surface area contributed by atoms with Crippen molar-refractivity contribution in [1.82, 2.24) is 0 Å². The van der Waals surface area contributed by atoms with E-state index in [2.05, 4.69) is 11.2 Å². The van der Waals surface area contributed by atoms with Crippen LogP contribution in [0.25, 0.3) is 0 Å². The number of benzene rings is 2. The molecule has 1 aliphatic carbocycles. The van der Waals surface area contributed by atoms with E-state index < -0.39 is 0 Å². The van der Waals surface area contributed by atoms with E-state index in [1.54, 1.807) is 6.08 Å². The molecular weight excluding hydrogens is 405 g/mol. The van der Waals surface area contributed by atoms with Crippen LogP contribution in [0.2, 0.25) is 5.02 Å². The first-order valence-electron chi connectivity index (χ1n) is 8.79. The van der Waals surface area contributed by atoms with E-state index in [4.69, 9.17) is 44.4 Å². The fourth-order valence-corrected chi connectivity index (χ4v) is 3.27. The second-order valence-electron chi connectivity index (χ2n) is 6.28. The van der Waals surface area contributed by atoms with Gasteiger partial charge < -0.3 is 9.57 Å². The van der Waals surface area contributed by atoms with E-state index in [1.807, 2.05) is 43.3 Å². The van der Waals surface area contributed by atoms with Crippen molar-refractivity contribution in [1.29, 1.82) is 0 Å². The summed E-state index contributed by atoms with van der Waals surface area (Å²) in [7, 11) is 0. The van der Waals surface area contributed by atoms with Crippen molar-refractivity contribution >= 4 is 40.5 Å². The summed E-state index contributed by atoms with van der Waals surface area (Å²) in [6, 6.07) is 13.6. The number of hydrogen-bond acceptors (Lipinski definition) is 3. The third kappa shape index (κ3) is 5.41. The van der Waals surface area contributed by atoms with Crippen LogP contribution in [0, 0.1) is 0 Å². The van der Waals surface area contributed by atoms with Crippen LogP contribution in [0.1, 0.15) is 42.6 Å². The number of hydrogen-bond donors (Lipinski definition) is 0. The highest BCUT2D eigenvalue weighted by atomic mass is 35.5. The minimum atomic E-state index is -0.157. The molecule has 6 heteroatoms. The van der Waals surface area contributed by atoms with Gasteiger partial charge in [0.15, 0.2) is 0 Å². The van der Waals surface area contributed by atoms with E-state index in [1.165, 1.54) is 0 Å². The van der Waals surface area contributed by atoms with Crippen molar-refractivity contribution in [2.45, 2.75) is 32.3 Å². The SMILES string of the molecule is CC(O/N=C1\CCCc2c(OCC=C(Cl)Cl)cccc21)c1ccc(Cl)cc1. The fourth-order valence-electron chi connectivity index (χ4n) is 3.02. The molecule has 2 aromatic rings. The second kappa shape index (κ2) is 9.50. The summed E-state index contributed by atoms with van der Waals surface area (Å²) in [4.78, 5) is 5.78. The van der Waals surface area contributed by atoms with E-state index >= 15 is 0 Å². The average molecular weight is 425 g/mol. The number of fused-ring (bicyclic) bond motifs is 1. The molecule has 0 saturated heterocycles. The Balaban J connectivity index is 1.76. The van der Waals surface area contributed by atoms with Gasteiger partial charge in [0.05, 0.1) is 5.71 Å². The van der Waals surface area contributed by atoms with Crippen molar-refractivity contribution < 1.29 is 9.57 Å². The Kier molecular flexibility index (Phi) is 7.06. The van der Waals surface area contributed by atoms with Crippen molar-refractivity contribution in [2.24, 2.45) is 5.16 Å². The summed E-state index contributed by atoms with van der Waals surface area (Å²) >= 11 is 17.2. The van der Waals surface area contributed by atoms with Gasteiger partial charge in [0, 0.05) is 16.1 Å². The lowest BCUT2D eigenvalue weighted by Gasteiger charge is -2.21. The number of rotatable bonds is 6. The molecule has 0 amide bonds. The molecule has 1 atom stereocenters. The van der Waals surface area contributed by atoms with Gasteiger partial charge >= 0.3 is 0 Å². The van der Waals surface area contributed by atoms with E-state index in [9.17, 15) is 0 Å². The van der Waals surface area contributed by atoms with Crippen LogP contribution < -0.4 is 4.74 Å². The van der Waals surface area contributed by atoms with Gasteiger partial charge in [-0.25, -0.2) is 0 Å². The zero-order valence-electron chi connectivity index (χ0n) is 14.9. The lowest BCUT2D eigenvalue weighted by atomic mass is 9.89. The number of ether oxygens (including phenoxy) is 1. The number of oxime groups is 1. The summed E-state index contributed by atoms with van der Waals surface area (Å²) in [5.74, 6) is 0.830. The zero-order chi connectivity index (χ0) is 19.2. The molecule has 142 valence electrons. The fraction of sp³-hybridized carbons (Fsp3) is 0.286. The maximum Gasteiger partial charge on any atom is 0.149 e. The first-order valence-corrected chi connectivity index (χ1v) is 9.92. The van der Waals surface area contributed by atoms with Crippen LogP contribution in [0.15, 0.2) is 58.2 Å². The Hall–Kier alpha value is -1.68. The highest BCUT2D eigenvalue weighted by Crippen LogP contribution is 2.31. The van der Waals surface area contributed by atoms with Gasteiger partial charge in [0.1, 0.15) is 23.0 Å². The number of halogens is 3. The Labute approximate surface area is 174 Å². The third-order valence-electron chi connectivity index (χ3n) is 4.42. The molecule has 0 aliphatic heterocycles. The van der Waals surface area contributed by atoms with Gasteiger partial charge in [-0.3, -0.25) is 0 Å². The summed E-state index contributed by atoms with van der Waals surface area (Å²) < 4.78 is 6.02. The second-order valence-corrected chi connectivity index (χ2v) is 7.72. The monoisotopic (exact) mass is 423 g/mol. The van der Waals surface area contributed by atoms with Crippen molar-refractivity contribution in [3.63, 3.8) is 0 Å². The van der Waals surface area contributed by atoms with Gasteiger partial charge in [0.2, 0.25) is 0 Å². The molecular formula is C21H20Cl3NO2. The van der Waals surface area contributed by atoms with Crippen molar-refractivity contribution in [2.75, 3.05) is 6.61 Å². The molecule has 27 heavy (non-hydrogen) atoms. The summed E-state index contributed by atoms with van der Waals surface area (Å²) in [6.07, 6.45) is 4.27. The van der Waals surface area contributed by atoms with Crippen LogP contribution in [-0.4, -0.2) is 12.3 Å². The molecule has 0 aromatic heterocycles. The summed E-state index contributed by atoms with van der Waals surface area (Å²) in [5.41, 5.74) is 4.18. The lowest BCUT2D eigenvalue weighted by Crippen LogP contribution is -2.14. The Morgan fingerprint density at radius 3 is 2.67 bits per heavy atom. The van der Waals surface area contributed by atoms with Crippen LogP contribution >= 0.6 is 34.8 Å². The smallest absolute Gasteiger partial charge is 0.149 e. The predicted molar refractivity (Wildman–Crippen MR) is 112 cm³/mol. The van der Waals surface area contributed by atoms with Crippen LogP contribution in [0.4, 0.5) is 0 Å². The summed E-state index contributed by atoms with van der Waals surface area (Å²) in [6.45, 7) is 2.30. The number of nitrogens with zero attached hydrogens (tertiary/aromatic N) is 1. The van der Waals surface area contributed by atoms with E-state index in [0.717, 1.165) is 47.4 Å². The third-order valence-corrected chi connectivity index (χ3v) is 4.98. The maximum absolute atomic E-state index is 5.94. The molecule has 0 N–H and O–H groups in total. The normalized spacial score (nSPS) is 15.8. The molecule has 0 heterocycles. The average Bonchev–Trinajstić information content (AvgIpc) is 2.66. The van der Waals surface area contributed by atoms with Crippen LogP contribution in [-0.2, 0) is 11.3 Å². The zero-order valence-corrected chi connectivity index (χ0v) is 17.2. The highest BCUT2D eigenvalue weighted by molar-refractivity contribution is 6.55. The van der Waals surface area contributed by atoms with Crippen molar-refractivity contribution in [3.05, 3.63) is 74.7 Å². The van der Waals surface area contributed by atoms with Gasteiger partial charge in [-0.05, 0) is 56.0 Å². The predicted octanol–water partition coefficient (Wildman–Crippen LogP) is 6.86. The largest absolute Gasteiger partial charge is 0.489 e. The van der Waals surface area contributed by atoms with E-state index in [0.29, 0.717) is 11.6 Å². The highest BCUT2D eigenvalue weighted by Gasteiger charge is 2.20. The quantitative estimate of drug-likeness (QED) is 0.474. The molecule has 3 rings (SSSR count). The summed E-state index contributed by atoms with van der Waals surface area (Å²) in [5, 5.41) is 5.15. The minimum Gasteiger partial charge on any atom is -0.489 e. The van der Waals surface area contributed by atoms with Crippen molar-refractivity contribution in [3.8, 4) is 5.75 Å². The van der Waals surface area contributed by atoms with Gasteiger partial charge in [0.25, 0.3) is 0 Å². The minimum absolute atomic E-state index is 0.157. The standard InChI is InChI=1S/C21H20Cl3NO2/c1-14(15-8-10-16(22)11-9-15)27-25-19-6-2-5-18-17(19)4-3-7-20(18)26-13-12-21(23)24/h3-4,7-12,14H,2,5-6,13H2,1H3/b25-19+. The molecule has 1 unspecified atom stereocenters. The molecule has 0 fully saturated rings. The van der Waals surface area contributed by atoms with Crippen LogP contribution in [0.3, 0.4) is 0 Å². The van der Waals surface area contributed by atoms with E-state index in [-0.39, 0.29) is 10.6 Å². The Morgan fingerprint density at radius 2 is 1.93 bits per heavy atom. The molecule has 0 bridgehead atoms. The molecule has 1 aliphatic rings. The molecule has 0 saturated carbocycles. The Morgan fingerprint density at radius 1 is 1.15 bits per heavy atom. The maximum atomic E-state index is 5.94. The van der Waals surface area contributed by atoms with Gasteiger partial charge in [-0.15, -0.1) is 0 Å².